The van der Waals surface area contributed by atoms with Gasteiger partial charge in [0.2, 0.25) is 5.91 Å². The second-order valence-electron chi connectivity index (χ2n) is 6.05. The third-order valence-corrected chi connectivity index (χ3v) is 6.10. The first-order valence-corrected chi connectivity index (χ1v) is 10.1. The topological polar surface area (TPSA) is 126 Å². The fraction of sp³-hybridized carbons (Fsp3) is 0.294. The van der Waals surface area contributed by atoms with Gasteiger partial charge in [0.1, 0.15) is 0 Å². The number of amides is 4. The van der Waals surface area contributed by atoms with Gasteiger partial charge in [-0.3, -0.25) is 14.9 Å². The summed E-state index contributed by atoms with van der Waals surface area (Å²) in [6, 6.07) is 6.64. The summed E-state index contributed by atoms with van der Waals surface area (Å²) < 4.78 is 0.838. The van der Waals surface area contributed by atoms with Gasteiger partial charge in [-0.05, 0) is 44.0 Å². The molecule has 1 aliphatic rings. The molecule has 0 unspecified atom stereocenters. The van der Waals surface area contributed by atoms with Crippen molar-refractivity contribution in [3.8, 4) is 0 Å². The van der Waals surface area contributed by atoms with E-state index < -0.39 is 5.91 Å². The Hall–Kier alpha value is -2.59. The zero-order valence-corrected chi connectivity index (χ0v) is 16.2. The minimum Gasteiger partial charge on any atom is -0.369 e. The third kappa shape index (κ3) is 5.69. The van der Waals surface area contributed by atoms with E-state index in [1.807, 2.05) is 6.92 Å². The van der Waals surface area contributed by atoms with Crippen LogP contribution in [-0.2, 0) is 4.79 Å². The fourth-order valence-electron chi connectivity index (χ4n) is 2.16. The van der Waals surface area contributed by atoms with E-state index in [1.165, 1.54) is 23.1 Å². The van der Waals surface area contributed by atoms with E-state index in [4.69, 9.17) is 5.73 Å². The predicted molar refractivity (Wildman–Crippen MR) is 106 cm³/mol. The number of hydrogen-bond acceptors (Lipinski definition) is 6. The summed E-state index contributed by atoms with van der Waals surface area (Å²) in [6.07, 6.45) is 2.04. The molecule has 0 bridgehead atoms. The van der Waals surface area contributed by atoms with E-state index in [-0.39, 0.29) is 23.7 Å². The van der Waals surface area contributed by atoms with Gasteiger partial charge in [0.15, 0.2) is 5.13 Å². The van der Waals surface area contributed by atoms with Gasteiger partial charge >= 0.3 is 6.03 Å². The van der Waals surface area contributed by atoms with Crippen molar-refractivity contribution < 1.29 is 14.4 Å². The van der Waals surface area contributed by atoms with Crippen LogP contribution in [-0.4, -0.2) is 34.6 Å². The van der Waals surface area contributed by atoms with Crippen molar-refractivity contribution in [3.63, 3.8) is 0 Å². The summed E-state index contributed by atoms with van der Waals surface area (Å²) in [4.78, 5) is 39.3. The maximum atomic E-state index is 12.4. The van der Waals surface area contributed by atoms with Crippen LogP contribution < -0.4 is 21.7 Å². The van der Waals surface area contributed by atoms with Crippen LogP contribution in [0.25, 0.3) is 0 Å². The fourth-order valence-corrected chi connectivity index (χ4v) is 4.03. The second kappa shape index (κ2) is 8.40. The van der Waals surface area contributed by atoms with E-state index in [0.29, 0.717) is 16.4 Å². The molecule has 1 aromatic carbocycles. The normalized spacial score (nSPS) is 13.1. The molecule has 0 spiro atoms. The molecule has 1 fully saturated rings. The number of nitrogens with one attached hydrogen (secondary N) is 3. The minimum atomic E-state index is -0.405. The van der Waals surface area contributed by atoms with Crippen LogP contribution in [0.15, 0.2) is 28.5 Å². The van der Waals surface area contributed by atoms with E-state index in [0.717, 1.165) is 22.7 Å². The maximum absolute atomic E-state index is 12.4. The zero-order chi connectivity index (χ0) is 19.4. The summed E-state index contributed by atoms with van der Waals surface area (Å²) in [5.74, 6) is -0.541. The first-order valence-electron chi connectivity index (χ1n) is 8.28. The number of hydrogen-bond donors (Lipinski definition) is 4. The average Bonchev–Trinajstić information content (AvgIpc) is 3.35. The quantitative estimate of drug-likeness (QED) is 0.527. The Morgan fingerprint density at radius 1 is 1.22 bits per heavy atom. The first-order chi connectivity index (χ1) is 12.9. The number of benzene rings is 1. The van der Waals surface area contributed by atoms with Crippen LogP contribution in [0.4, 0.5) is 15.6 Å². The molecular formula is C17H19N5O3S2. The van der Waals surface area contributed by atoms with Gasteiger partial charge in [0.25, 0.3) is 5.91 Å². The molecular weight excluding hydrogens is 386 g/mol. The molecule has 1 aromatic heterocycles. The first kappa shape index (κ1) is 19.2. The van der Waals surface area contributed by atoms with Crippen molar-refractivity contribution in [3.05, 3.63) is 35.5 Å². The molecule has 0 saturated heterocycles. The Morgan fingerprint density at radius 3 is 2.56 bits per heavy atom. The number of thioether (sulfide) groups is 1. The number of aryl methyl sites for hydroxylation is 1. The zero-order valence-electron chi connectivity index (χ0n) is 14.6. The van der Waals surface area contributed by atoms with Crippen LogP contribution in [0.1, 0.15) is 28.9 Å². The highest BCUT2D eigenvalue weighted by atomic mass is 32.2. The highest BCUT2D eigenvalue weighted by Gasteiger charge is 2.23. The van der Waals surface area contributed by atoms with Crippen molar-refractivity contribution in [2.24, 2.45) is 5.73 Å². The molecule has 3 rings (SSSR count). The van der Waals surface area contributed by atoms with E-state index >= 15 is 0 Å². The van der Waals surface area contributed by atoms with Crippen LogP contribution in [0, 0.1) is 6.92 Å². The molecule has 142 valence electrons. The molecule has 1 saturated carbocycles. The lowest BCUT2D eigenvalue weighted by Crippen LogP contribution is -2.30. The number of anilines is 2. The Morgan fingerprint density at radius 2 is 1.93 bits per heavy atom. The molecule has 1 heterocycles. The van der Waals surface area contributed by atoms with Crippen LogP contribution in [0.3, 0.4) is 0 Å². The Kier molecular flexibility index (Phi) is 5.97. The van der Waals surface area contributed by atoms with Crippen LogP contribution in [0.2, 0.25) is 0 Å². The third-order valence-electron chi connectivity index (χ3n) is 3.64. The summed E-state index contributed by atoms with van der Waals surface area (Å²) in [5.41, 5.74) is 6.94. The number of nitrogens with two attached hydrogens (primary N) is 1. The summed E-state index contributed by atoms with van der Waals surface area (Å²) >= 11 is 2.59. The highest BCUT2D eigenvalue weighted by molar-refractivity contribution is 8.01. The Bertz CT molecular complexity index is 862. The van der Waals surface area contributed by atoms with Crippen molar-refractivity contribution in [1.29, 1.82) is 0 Å². The average molecular weight is 406 g/mol. The standard InChI is InChI=1S/C17H19N5O3S2/c1-9-15(26-8-13(18)23)27-17(19-9)22-14(24)10-2-4-11(5-3-10)20-16(25)21-12-6-7-12/h2-5,12H,6-8H2,1H3,(H2,18,23)(H,19,22,24)(H2,20,21,25). The largest absolute Gasteiger partial charge is 0.369 e. The summed E-state index contributed by atoms with van der Waals surface area (Å²) in [7, 11) is 0. The van der Waals surface area contributed by atoms with E-state index in [1.54, 1.807) is 24.3 Å². The lowest BCUT2D eigenvalue weighted by molar-refractivity contribution is -0.115. The molecule has 8 nitrogen and oxygen atoms in total. The predicted octanol–water partition coefficient (Wildman–Crippen LogP) is 2.57. The monoisotopic (exact) mass is 405 g/mol. The van der Waals surface area contributed by atoms with Crippen molar-refractivity contribution in [2.45, 2.75) is 30.0 Å². The number of thiazole rings is 1. The number of carbonyl (C=O) groups excluding carboxylic acids is 3. The van der Waals surface area contributed by atoms with Crippen molar-refractivity contribution >= 4 is 51.8 Å². The number of rotatable bonds is 7. The molecule has 10 heteroatoms. The number of aromatic nitrogens is 1. The van der Waals surface area contributed by atoms with Gasteiger partial charge in [0.05, 0.1) is 15.7 Å². The van der Waals surface area contributed by atoms with Gasteiger partial charge in [-0.15, -0.1) is 11.8 Å². The molecule has 1 aliphatic carbocycles. The molecule has 0 aliphatic heterocycles. The number of primary amides is 1. The van der Waals surface area contributed by atoms with Gasteiger partial charge in [-0.2, -0.15) is 0 Å². The number of nitrogens with zero attached hydrogens (tertiary/aromatic N) is 1. The smallest absolute Gasteiger partial charge is 0.319 e. The lowest BCUT2D eigenvalue weighted by Gasteiger charge is -2.07. The molecule has 27 heavy (non-hydrogen) atoms. The van der Waals surface area contributed by atoms with Gasteiger partial charge < -0.3 is 16.4 Å². The number of urea groups is 1. The molecule has 4 amide bonds. The molecule has 0 radical (unpaired) electrons. The van der Waals surface area contributed by atoms with Crippen molar-refractivity contribution in [2.75, 3.05) is 16.4 Å². The van der Waals surface area contributed by atoms with E-state index in [2.05, 4.69) is 20.9 Å². The Balaban J connectivity index is 1.56. The summed E-state index contributed by atoms with van der Waals surface area (Å²) in [5, 5.41) is 8.76. The van der Waals surface area contributed by atoms with Crippen LogP contribution >= 0.6 is 23.1 Å². The van der Waals surface area contributed by atoms with Gasteiger partial charge in [-0.1, -0.05) is 11.3 Å². The molecule has 0 atom stereocenters. The van der Waals surface area contributed by atoms with E-state index in [9.17, 15) is 14.4 Å². The summed E-state index contributed by atoms with van der Waals surface area (Å²) in [6.45, 7) is 1.81. The highest BCUT2D eigenvalue weighted by Crippen LogP contribution is 2.32. The molecule has 2 aromatic rings. The lowest BCUT2D eigenvalue weighted by atomic mass is 10.2. The SMILES string of the molecule is Cc1nc(NC(=O)c2ccc(NC(=O)NC3CC3)cc2)sc1SCC(N)=O. The minimum absolute atomic E-state index is 0.166. The molecule has 5 N–H and O–H groups in total. The maximum Gasteiger partial charge on any atom is 0.319 e. The number of carbonyl (C=O) groups is 3. The Labute approximate surface area is 164 Å². The van der Waals surface area contributed by atoms with Gasteiger partial charge in [-0.25, -0.2) is 9.78 Å². The van der Waals surface area contributed by atoms with Crippen LogP contribution in [0.5, 0.6) is 0 Å². The van der Waals surface area contributed by atoms with Gasteiger partial charge in [0, 0.05) is 17.3 Å². The van der Waals surface area contributed by atoms with Crippen molar-refractivity contribution in [1.82, 2.24) is 10.3 Å². The second-order valence-corrected chi connectivity index (χ2v) is 8.29.